The summed E-state index contributed by atoms with van der Waals surface area (Å²) in [4.78, 5) is 5.34. The van der Waals surface area contributed by atoms with Crippen LogP contribution in [0.4, 0.5) is 0 Å². The topological polar surface area (TPSA) is 21.3 Å². The van der Waals surface area contributed by atoms with E-state index < -0.39 is 0 Å². The van der Waals surface area contributed by atoms with Crippen molar-refractivity contribution in [2.45, 2.75) is 19.4 Å². The molecule has 15 heavy (non-hydrogen) atoms. The summed E-state index contributed by atoms with van der Waals surface area (Å²) >= 11 is 1.89. The van der Waals surface area contributed by atoms with Crippen molar-refractivity contribution in [1.82, 2.24) is 5.48 Å². The van der Waals surface area contributed by atoms with Gasteiger partial charge in [0.25, 0.3) is 0 Å². The van der Waals surface area contributed by atoms with E-state index in [4.69, 9.17) is 4.84 Å². The van der Waals surface area contributed by atoms with Crippen LogP contribution in [0.3, 0.4) is 0 Å². The van der Waals surface area contributed by atoms with Crippen LogP contribution in [0.15, 0.2) is 30.3 Å². The summed E-state index contributed by atoms with van der Waals surface area (Å²) in [7, 11) is 0. The normalized spacial score (nSPS) is 10.5. The van der Waals surface area contributed by atoms with Crippen LogP contribution in [0.2, 0.25) is 0 Å². The molecule has 0 unspecified atom stereocenters. The lowest BCUT2D eigenvalue weighted by Crippen LogP contribution is -2.15. The zero-order valence-electron chi connectivity index (χ0n) is 9.24. The second-order valence-corrected chi connectivity index (χ2v) is 4.35. The van der Waals surface area contributed by atoms with Gasteiger partial charge in [0.2, 0.25) is 0 Å². The quantitative estimate of drug-likeness (QED) is 0.543. The number of benzene rings is 1. The number of unbranched alkanes of at least 4 members (excludes halogenated alkanes) is 1. The van der Waals surface area contributed by atoms with Gasteiger partial charge in [0.15, 0.2) is 0 Å². The molecule has 2 nitrogen and oxygen atoms in total. The van der Waals surface area contributed by atoms with Crippen molar-refractivity contribution in [3.63, 3.8) is 0 Å². The van der Waals surface area contributed by atoms with E-state index >= 15 is 0 Å². The van der Waals surface area contributed by atoms with Gasteiger partial charge >= 0.3 is 0 Å². The highest BCUT2D eigenvalue weighted by atomic mass is 32.2. The molecule has 0 saturated carbocycles. The predicted molar refractivity (Wildman–Crippen MR) is 66.8 cm³/mol. The lowest BCUT2D eigenvalue weighted by Gasteiger charge is -2.05. The van der Waals surface area contributed by atoms with E-state index in [1.807, 2.05) is 30.0 Å². The van der Waals surface area contributed by atoms with E-state index in [-0.39, 0.29) is 0 Å². The van der Waals surface area contributed by atoms with Gasteiger partial charge in [-0.3, -0.25) is 4.84 Å². The Labute approximate surface area is 96.4 Å². The fourth-order valence-electron chi connectivity index (χ4n) is 1.22. The number of thioether (sulfide) groups is 1. The summed E-state index contributed by atoms with van der Waals surface area (Å²) in [5, 5.41) is 0. The van der Waals surface area contributed by atoms with Crippen LogP contribution >= 0.6 is 11.8 Å². The minimum absolute atomic E-state index is 0.642. The smallest absolute Gasteiger partial charge is 0.0933 e. The summed E-state index contributed by atoms with van der Waals surface area (Å²) in [6.45, 7) is 1.58. The molecule has 84 valence electrons. The zero-order valence-corrected chi connectivity index (χ0v) is 10.1. The van der Waals surface area contributed by atoms with E-state index in [2.05, 4.69) is 23.9 Å². The lowest BCUT2D eigenvalue weighted by molar-refractivity contribution is 0.0275. The van der Waals surface area contributed by atoms with Gasteiger partial charge in [-0.2, -0.15) is 11.8 Å². The molecule has 0 aliphatic carbocycles. The van der Waals surface area contributed by atoms with Crippen molar-refractivity contribution in [2.75, 3.05) is 18.6 Å². The molecular formula is C12H19NOS. The van der Waals surface area contributed by atoms with Crippen LogP contribution in [-0.4, -0.2) is 18.6 Å². The lowest BCUT2D eigenvalue weighted by atomic mass is 10.2. The molecule has 1 aromatic carbocycles. The summed E-state index contributed by atoms with van der Waals surface area (Å²) < 4.78 is 0. The monoisotopic (exact) mass is 225 g/mol. The number of hydroxylamine groups is 1. The van der Waals surface area contributed by atoms with Gasteiger partial charge in [-0.15, -0.1) is 0 Å². The molecule has 1 N–H and O–H groups in total. The summed E-state index contributed by atoms with van der Waals surface area (Å²) in [6.07, 6.45) is 4.57. The summed E-state index contributed by atoms with van der Waals surface area (Å²) in [6, 6.07) is 10.2. The van der Waals surface area contributed by atoms with Gasteiger partial charge in [-0.05, 0) is 30.4 Å². The number of rotatable bonds is 8. The molecule has 1 rings (SSSR count). The molecule has 0 heterocycles. The Bertz CT molecular complexity index is 241. The van der Waals surface area contributed by atoms with Gasteiger partial charge in [0, 0.05) is 6.54 Å². The molecule has 0 aliphatic rings. The molecule has 0 saturated heterocycles. The van der Waals surface area contributed by atoms with Crippen LogP contribution in [-0.2, 0) is 11.4 Å². The largest absolute Gasteiger partial charge is 0.297 e. The number of hydrogen-bond acceptors (Lipinski definition) is 3. The Morgan fingerprint density at radius 2 is 2.00 bits per heavy atom. The number of hydrogen-bond donors (Lipinski definition) is 1. The third kappa shape index (κ3) is 6.55. The van der Waals surface area contributed by atoms with Gasteiger partial charge in [-0.25, -0.2) is 5.48 Å². The van der Waals surface area contributed by atoms with Gasteiger partial charge in [-0.1, -0.05) is 30.3 Å². The van der Waals surface area contributed by atoms with Crippen molar-refractivity contribution < 1.29 is 4.84 Å². The first-order chi connectivity index (χ1) is 7.43. The highest BCUT2D eigenvalue weighted by Crippen LogP contribution is 2.00. The van der Waals surface area contributed by atoms with Crippen LogP contribution in [0.5, 0.6) is 0 Å². The Kier molecular flexibility index (Phi) is 7.34. The van der Waals surface area contributed by atoms with Crippen molar-refractivity contribution in [2.24, 2.45) is 0 Å². The maximum atomic E-state index is 5.34. The van der Waals surface area contributed by atoms with Gasteiger partial charge in [0.05, 0.1) is 6.61 Å². The van der Waals surface area contributed by atoms with Crippen molar-refractivity contribution in [3.8, 4) is 0 Å². The Morgan fingerprint density at radius 1 is 1.20 bits per heavy atom. The molecule has 0 aromatic heterocycles. The van der Waals surface area contributed by atoms with Crippen LogP contribution < -0.4 is 5.48 Å². The first kappa shape index (κ1) is 12.6. The maximum absolute atomic E-state index is 5.34. The molecule has 0 bridgehead atoms. The molecule has 0 radical (unpaired) electrons. The summed E-state index contributed by atoms with van der Waals surface area (Å²) in [5.41, 5.74) is 4.19. The third-order valence-corrected chi connectivity index (χ3v) is 2.76. The van der Waals surface area contributed by atoms with E-state index in [9.17, 15) is 0 Å². The van der Waals surface area contributed by atoms with Crippen LogP contribution in [0, 0.1) is 0 Å². The molecule has 0 aliphatic heterocycles. The fourth-order valence-corrected chi connectivity index (χ4v) is 1.72. The first-order valence-electron chi connectivity index (χ1n) is 5.31. The van der Waals surface area contributed by atoms with Crippen LogP contribution in [0.1, 0.15) is 18.4 Å². The standard InChI is InChI=1S/C12H19NOS/c1-15-10-6-5-9-13-14-11-12-7-3-2-4-8-12/h2-4,7-8,13H,5-6,9-11H2,1H3. The molecule has 0 atom stereocenters. The van der Waals surface area contributed by atoms with Gasteiger partial charge < -0.3 is 0 Å². The molecule has 0 fully saturated rings. The Morgan fingerprint density at radius 3 is 2.73 bits per heavy atom. The van der Waals surface area contributed by atoms with E-state index in [1.165, 1.54) is 24.2 Å². The third-order valence-electron chi connectivity index (χ3n) is 2.06. The van der Waals surface area contributed by atoms with Crippen molar-refractivity contribution >= 4 is 11.8 Å². The van der Waals surface area contributed by atoms with Gasteiger partial charge in [0.1, 0.15) is 0 Å². The molecule has 1 aromatic rings. The minimum atomic E-state index is 0.642. The average Bonchev–Trinajstić information content (AvgIpc) is 2.29. The number of nitrogens with one attached hydrogen (secondary N) is 1. The predicted octanol–water partition coefficient (Wildman–Crippen LogP) is 2.85. The van der Waals surface area contributed by atoms with Crippen LogP contribution in [0.25, 0.3) is 0 Å². The molecule has 0 amide bonds. The zero-order chi connectivity index (χ0) is 10.8. The first-order valence-corrected chi connectivity index (χ1v) is 6.70. The fraction of sp³-hybridized carbons (Fsp3) is 0.500. The summed E-state index contributed by atoms with van der Waals surface area (Å²) in [5.74, 6) is 1.24. The second kappa shape index (κ2) is 8.77. The molecular weight excluding hydrogens is 206 g/mol. The maximum Gasteiger partial charge on any atom is 0.0933 e. The van der Waals surface area contributed by atoms with E-state index in [0.717, 1.165) is 6.54 Å². The van der Waals surface area contributed by atoms with Crippen molar-refractivity contribution in [1.29, 1.82) is 0 Å². The molecule has 3 heteroatoms. The molecule has 0 spiro atoms. The minimum Gasteiger partial charge on any atom is -0.297 e. The second-order valence-electron chi connectivity index (χ2n) is 3.37. The van der Waals surface area contributed by atoms with E-state index in [0.29, 0.717) is 6.61 Å². The average molecular weight is 225 g/mol. The highest BCUT2D eigenvalue weighted by molar-refractivity contribution is 7.98. The van der Waals surface area contributed by atoms with E-state index in [1.54, 1.807) is 0 Å². The highest BCUT2D eigenvalue weighted by Gasteiger charge is 1.91. The Balaban J connectivity index is 1.93. The SMILES string of the molecule is CSCCCCNOCc1ccccc1. The van der Waals surface area contributed by atoms with Crippen molar-refractivity contribution in [3.05, 3.63) is 35.9 Å². The Hall–Kier alpha value is -0.510.